The molecule has 2 aromatic heterocycles. The fourth-order valence-electron chi connectivity index (χ4n) is 4.28. The molecule has 1 aliphatic heterocycles. The Kier molecular flexibility index (Phi) is 5.07. The molecule has 2 aromatic carbocycles. The van der Waals surface area contributed by atoms with Gasteiger partial charge in [-0.1, -0.05) is 65.5 Å². The Morgan fingerprint density at radius 1 is 0.967 bits per heavy atom. The van der Waals surface area contributed by atoms with Crippen LogP contribution in [-0.2, 0) is 6.54 Å². The molecular weight excluding hydrogens is 374 g/mol. The summed E-state index contributed by atoms with van der Waals surface area (Å²) in [6.45, 7) is 2.68. The lowest BCUT2D eigenvalue weighted by molar-refractivity contribution is 0.153. The van der Waals surface area contributed by atoms with Crippen molar-refractivity contribution in [2.75, 3.05) is 13.1 Å². The van der Waals surface area contributed by atoms with E-state index in [9.17, 15) is 5.21 Å². The van der Waals surface area contributed by atoms with Crippen LogP contribution in [0.5, 0.6) is 0 Å². The van der Waals surface area contributed by atoms with E-state index in [1.807, 2.05) is 42.6 Å². The van der Waals surface area contributed by atoms with Crippen LogP contribution in [0.3, 0.4) is 0 Å². The molecule has 6 nitrogen and oxygen atoms in total. The maximum atomic E-state index is 10.5. The van der Waals surface area contributed by atoms with Crippen molar-refractivity contribution in [3.05, 3.63) is 84.2 Å². The molecule has 0 aliphatic carbocycles. The van der Waals surface area contributed by atoms with Gasteiger partial charge in [-0.25, -0.2) is 4.98 Å². The second-order valence-corrected chi connectivity index (χ2v) is 7.79. The number of benzene rings is 2. The Hall–Kier alpha value is -3.38. The van der Waals surface area contributed by atoms with Gasteiger partial charge in [0.05, 0.1) is 6.20 Å². The zero-order valence-electron chi connectivity index (χ0n) is 16.8. The van der Waals surface area contributed by atoms with Crippen molar-refractivity contribution < 1.29 is 5.21 Å². The average Bonchev–Trinajstić information content (AvgIpc) is 3.39. The highest BCUT2D eigenvalue weighted by molar-refractivity contribution is 5.65. The van der Waals surface area contributed by atoms with E-state index in [1.54, 1.807) is 6.20 Å². The van der Waals surface area contributed by atoms with E-state index in [4.69, 9.17) is 4.98 Å². The zero-order valence-corrected chi connectivity index (χ0v) is 16.8. The van der Waals surface area contributed by atoms with Crippen molar-refractivity contribution in [1.29, 1.82) is 0 Å². The molecule has 0 saturated carbocycles. The Balaban J connectivity index is 1.59. The highest BCUT2D eigenvalue weighted by Gasteiger charge is 2.25. The fourth-order valence-corrected chi connectivity index (χ4v) is 4.28. The minimum atomic E-state index is 0.376. The normalized spacial score (nSPS) is 14.8. The summed E-state index contributed by atoms with van der Waals surface area (Å²) in [7, 11) is 0. The van der Waals surface area contributed by atoms with Crippen molar-refractivity contribution in [2.45, 2.75) is 25.3 Å². The number of aromatic nitrogens is 4. The minimum absolute atomic E-state index is 0.376. The van der Waals surface area contributed by atoms with Crippen molar-refractivity contribution in [1.82, 2.24) is 24.8 Å². The third-order valence-electron chi connectivity index (χ3n) is 5.81. The van der Waals surface area contributed by atoms with Crippen molar-refractivity contribution in [3.8, 4) is 22.8 Å². The van der Waals surface area contributed by atoms with Crippen LogP contribution in [0.25, 0.3) is 22.8 Å². The largest absolute Gasteiger partial charge is 0.411 e. The first-order chi connectivity index (χ1) is 14.8. The third-order valence-corrected chi connectivity index (χ3v) is 5.81. The maximum absolute atomic E-state index is 10.5. The zero-order chi connectivity index (χ0) is 20.3. The predicted molar refractivity (Wildman–Crippen MR) is 116 cm³/mol. The number of nitrogens with zero attached hydrogens (tertiary/aromatic N) is 4. The number of hydrogen-bond acceptors (Lipinski definition) is 4. The van der Waals surface area contributed by atoms with Gasteiger partial charge in [0.25, 0.3) is 0 Å². The Morgan fingerprint density at radius 3 is 2.40 bits per heavy atom. The van der Waals surface area contributed by atoms with Crippen LogP contribution >= 0.6 is 0 Å². The van der Waals surface area contributed by atoms with Crippen LogP contribution < -0.4 is 5.32 Å². The van der Waals surface area contributed by atoms with Gasteiger partial charge in [0.2, 0.25) is 0 Å². The molecule has 5 rings (SSSR count). The van der Waals surface area contributed by atoms with Gasteiger partial charge in [0, 0.05) is 23.9 Å². The van der Waals surface area contributed by atoms with Crippen molar-refractivity contribution in [3.63, 3.8) is 0 Å². The molecule has 1 saturated heterocycles. The van der Waals surface area contributed by atoms with Crippen LogP contribution in [0, 0.1) is 0 Å². The van der Waals surface area contributed by atoms with Gasteiger partial charge >= 0.3 is 0 Å². The molecule has 30 heavy (non-hydrogen) atoms. The van der Waals surface area contributed by atoms with E-state index in [-0.39, 0.29) is 0 Å². The Bertz CT molecular complexity index is 1110. The summed E-state index contributed by atoms with van der Waals surface area (Å²) >= 11 is 0. The summed E-state index contributed by atoms with van der Waals surface area (Å²) in [5.74, 6) is 1.26. The molecule has 3 heterocycles. The van der Waals surface area contributed by atoms with E-state index in [0.29, 0.717) is 18.2 Å². The Morgan fingerprint density at radius 2 is 1.67 bits per heavy atom. The topological polar surface area (TPSA) is 67.9 Å². The molecule has 4 aromatic rings. The van der Waals surface area contributed by atoms with E-state index < -0.39 is 0 Å². The number of imidazole rings is 1. The highest BCUT2D eigenvalue weighted by atomic mass is 16.5. The van der Waals surface area contributed by atoms with Gasteiger partial charge < -0.3 is 15.1 Å². The quantitative estimate of drug-likeness (QED) is 0.495. The van der Waals surface area contributed by atoms with Crippen LogP contribution in [-0.4, -0.2) is 37.8 Å². The van der Waals surface area contributed by atoms with Crippen LogP contribution in [0.4, 0.5) is 0 Å². The van der Waals surface area contributed by atoms with Crippen LogP contribution in [0.15, 0.2) is 73.1 Å². The second kappa shape index (κ2) is 8.16. The van der Waals surface area contributed by atoms with E-state index >= 15 is 0 Å². The maximum Gasteiger partial charge on any atom is 0.141 e. The molecule has 152 valence electrons. The SMILES string of the molecule is On1ncc(C2CCNCC2)c1-c1cn(Cc2ccccc2)c(-c2ccccc2)n1. The Labute approximate surface area is 175 Å². The summed E-state index contributed by atoms with van der Waals surface area (Å²) in [5.41, 5.74) is 4.77. The molecule has 0 atom stereocenters. The second-order valence-electron chi connectivity index (χ2n) is 7.79. The summed E-state index contributed by atoms with van der Waals surface area (Å²) in [6.07, 6.45) is 5.90. The summed E-state index contributed by atoms with van der Waals surface area (Å²) in [4.78, 5) is 5.95. The fraction of sp³-hybridized carbons (Fsp3) is 0.250. The van der Waals surface area contributed by atoms with Gasteiger partial charge in [-0.3, -0.25) is 0 Å². The van der Waals surface area contributed by atoms with Gasteiger partial charge in [-0.05, 0) is 37.4 Å². The smallest absolute Gasteiger partial charge is 0.141 e. The lowest BCUT2D eigenvalue weighted by atomic mass is 9.90. The van der Waals surface area contributed by atoms with Crippen LogP contribution in [0.1, 0.15) is 29.9 Å². The molecule has 0 unspecified atom stereocenters. The molecule has 6 heteroatoms. The first-order valence-corrected chi connectivity index (χ1v) is 10.4. The van der Waals surface area contributed by atoms with Crippen molar-refractivity contribution >= 4 is 0 Å². The van der Waals surface area contributed by atoms with E-state index in [2.05, 4.69) is 39.2 Å². The minimum Gasteiger partial charge on any atom is -0.411 e. The number of nitrogens with one attached hydrogen (secondary N) is 1. The van der Waals surface area contributed by atoms with Gasteiger partial charge in [-0.2, -0.15) is 0 Å². The number of rotatable bonds is 5. The third kappa shape index (κ3) is 3.62. The molecular formula is C24H25N5O. The van der Waals surface area contributed by atoms with Gasteiger partial charge in [0.1, 0.15) is 17.2 Å². The lowest BCUT2D eigenvalue weighted by Gasteiger charge is -2.22. The van der Waals surface area contributed by atoms with Crippen LogP contribution in [0.2, 0.25) is 0 Å². The molecule has 0 bridgehead atoms. The number of hydrogen-bond donors (Lipinski definition) is 2. The molecule has 1 aliphatic rings. The first kappa shape index (κ1) is 18.6. The lowest BCUT2D eigenvalue weighted by Crippen LogP contribution is -2.26. The monoisotopic (exact) mass is 399 g/mol. The molecule has 0 radical (unpaired) electrons. The van der Waals surface area contributed by atoms with Crippen molar-refractivity contribution in [2.24, 2.45) is 0 Å². The van der Waals surface area contributed by atoms with Gasteiger partial charge in [0.15, 0.2) is 0 Å². The molecule has 0 spiro atoms. The molecule has 2 N–H and O–H groups in total. The van der Waals surface area contributed by atoms with E-state index in [0.717, 1.165) is 53.4 Å². The highest BCUT2D eigenvalue weighted by Crippen LogP contribution is 2.34. The van der Waals surface area contributed by atoms with Gasteiger partial charge in [-0.15, -0.1) is 5.10 Å². The average molecular weight is 399 g/mol. The number of piperidine rings is 1. The predicted octanol–water partition coefficient (Wildman–Crippen LogP) is 4.17. The standard InChI is InChI=1S/C24H25N5O/c30-29-23(21(15-26-29)19-11-13-25-14-12-19)22-17-28(16-18-7-3-1-4-8-18)24(27-22)20-9-5-2-6-10-20/h1-10,15,17,19,25,30H,11-14,16H2. The summed E-state index contributed by atoms with van der Waals surface area (Å²) < 4.78 is 2.15. The van der Waals surface area contributed by atoms with E-state index in [1.165, 1.54) is 5.56 Å². The summed E-state index contributed by atoms with van der Waals surface area (Å²) in [6, 6.07) is 20.5. The molecule has 0 amide bonds. The molecule has 1 fully saturated rings. The summed E-state index contributed by atoms with van der Waals surface area (Å²) in [5, 5.41) is 18.1. The first-order valence-electron chi connectivity index (χ1n) is 10.4.